The topological polar surface area (TPSA) is 58.0 Å². The second kappa shape index (κ2) is 7.05. The van der Waals surface area contributed by atoms with Crippen LogP contribution in [0.4, 0.5) is 0 Å². The van der Waals surface area contributed by atoms with Crippen molar-refractivity contribution < 1.29 is 9.21 Å². The van der Waals surface area contributed by atoms with Crippen molar-refractivity contribution in [2.24, 2.45) is 0 Å². The zero-order valence-electron chi connectivity index (χ0n) is 15.7. The highest BCUT2D eigenvalue weighted by atomic mass is 16.3. The molecule has 2 aromatic heterocycles. The minimum absolute atomic E-state index is 0.198. The zero-order chi connectivity index (χ0) is 18.9. The molecule has 2 heterocycles. The number of para-hydroxylation sites is 2. The standard InChI is InChI=1S/C23H24N2O2/c1-3-22(26)23(2,13-17-14-24-20-10-6-5-9-19(17)20)25-15-18-12-16-8-4-7-11-21(16)27-18/h4-12,14,24-25H,3,13,15H2,1-2H3. The molecule has 2 N–H and O–H groups in total. The van der Waals surface area contributed by atoms with Crippen molar-refractivity contribution in [3.05, 3.63) is 72.1 Å². The largest absolute Gasteiger partial charge is 0.460 e. The van der Waals surface area contributed by atoms with Gasteiger partial charge in [0.1, 0.15) is 11.3 Å². The minimum Gasteiger partial charge on any atom is -0.460 e. The normalized spacial score (nSPS) is 13.9. The maximum Gasteiger partial charge on any atom is 0.152 e. The maximum atomic E-state index is 12.8. The molecule has 0 aliphatic heterocycles. The molecule has 4 heteroatoms. The molecule has 0 aliphatic carbocycles. The first-order chi connectivity index (χ1) is 13.1. The van der Waals surface area contributed by atoms with E-state index in [2.05, 4.69) is 22.4 Å². The number of fused-ring (bicyclic) bond motifs is 2. The second-order valence-corrected chi connectivity index (χ2v) is 7.25. The van der Waals surface area contributed by atoms with Crippen LogP contribution in [-0.4, -0.2) is 16.3 Å². The Bertz CT molecular complexity index is 1060. The molecule has 0 saturated carbocycles. The van der Waals surface area contributed by atoms with Gasteiger partial charge in [0.05, 0.1) is 12.1 Å². The molecule has 0 radical (unpaired) electrons. The minimum atomic E-state index is -0.654. The summed E-state index contributed by atoms with van der Waals surface area (Å²) in [6.07, 6.45) is 3.13. The average Bonchev–Trinajstić information content (AvgIpc) is 3.29. The number of H-pyrrole nitrogens is 1. The van der Waals surface area contributed by atoms with Crippen molar-refractivity contribution in [1.82, 2.24) is 10.3 Å². The number of nitrogens with one attached hydrogen (secondary N) is 2. The number of aromatic nitrogens is 1. The van der Waals surface area contributed by atoms with Crippen molar-refractivity contribution in [2.45, 2.75) is 38.8 Å². The summed E-state index contributed by atoms with van der Waals surface area (Å²) in [6.45, 7) is 4.42. The highest BCUT2D eigenvalue weighted by Crippen LogP contribution is 2.25. The summed E-state index contributed by atoms with van der Waals surface area (Å²) < 4.78 is 5.90. The van der Waals surface area contributed by atoms with Crippen molar-refractivity contribution in [1.29, 1.82) is 0 Å². The van der Waals surface area contributed by atoms with E-state index in [-0.39, 0.29) is 5.78 Å². The Kier molecular flexibility index (Phi) is 4.58. The predicted molar refractivity (Wildman–Crippen MR) is 109 cm³/mol. The Labute approximate surface area is 158 Å². The summed E-state index contributed by atoms with van der Waals surface area (Å²) >= 11 is 0. The van der Waals surface area contributed by atoms with E-state index in [0.29, 0.717) is 19.4 Å². The van der Waals surface area contributed by atoms with Crippen LogP contribution >= 0.6 is 0 Å². The van der Waals surface area contributed by atoms with Gasteiger partial charge in [-0.3, -0.25) is 10.1 Å². The van der Waals surface area contributed by atoms with E-state index in [4.69, 9.17) is 4.42 Å². The van der Waals surface area contributed by atoms with E-state index >= 15 is 0 Å². The van der Waals surface area contributed by atoms with Gasteiger partial charge in [-0.15, -0.1) is 0 Å². The van der Waals surface area contributed by atoms with Crippen LogP contribution in [0.2, 0.25) is 0 Å². The fourth-order valence-corrected chi connectivity index (χ4v) is 3.71. The van der Waals surface area contributed by atoms with Gasteiger partial charge in [0.2, 0.25) is 0 Å². The van der Waals surface area contributed by atoms with Crippen LogP contribution in [0.1, 0.15) is 31.6 Å². The van der Waals surface area contributed by atoms with Gasteiger partial charge in [-0.25, -0.2) is 0 Å². The summed E-state index contributed by atoms with van der Waals surface area (Å²) in [5, 5.41) is 5.71. The van der Waals surface area contributed by atoms with E-state index in [1.165, 1.54) is 0 Å². The molecule has 0 bridgehead atoms. The molecular formula is C23H24N2O2. The zero-order valence-corrected chi connectivity index (χ0v) is 15.7. The first-order valence-corrected chi connectivity index (χ1v) is 9.40. The molecule has 1 unspecified atom stereocenters. The van der Waals surface area contributed by atoms with Crippen molar-refractivity contribution in [3.63, 3.8) is 0 Å². The molecule has 0 fully saturated rings. The average molecular weight is 360 g/mol. The number of hydrogen-bond donors (Lipinski definition) is 2. The number of furan rings is 1. The number of ketones is 1. The smallest absolute Gasteiger partial charge is 0.152 e. The van der Waals surface area contributed by atoms with Crippen LogP contribution in [-0.2, 0) is 17.8 Å². The fraction of sp³-hybridized carbons (Fsp3) is 0.261. The number of rotatable bonds is 7. The van der Waals surface area contributed by atoms with E-state index in [9.17, 15) is 4.79 Å². The highest BCUT2D eigenvalue weighted by molar-refractivity contribution is 5.90. The van der Waals surface area contributed by atoms with Crippen LogP contribution in [0.25, 0.3) is 21.9 Å². The molecule has 0 spiro atoms. The molecule has 0 aliphatic rings. The molecule has 4 aromatic rings. The number of carbonyl (C=O) groups excluding carboxylic acids is 1. The SMILES string of the molecule is CCC(=O)C(C)(Cc1c[nH]c2ccccc12)NCc1cc2ccccc2o1. The Morgan fingerprint density at radius 2 is 1.93 bits per heavy atom. The van der Waals surface area contributed by atoms with Crippen molar-refractivity contribution in [2.75, 3.05) is 0 Å². The number of benzene rings is 2. The lowest BCUT2D eigenvalue weighted by Crippen LogP contribution is -2.50. The summed E-state index contributed by atoms with van der Waals surface area (Å²) in [6, 6.07) is 18.2. The lowest BCUT2D eigenvalue weighted by atomic mass is 9.87. The van der Waals surface area contributed by atoms with Gasteiger partial charge in [-0.2, -0.15) is 0 Å². The Hall–Kier alpha value is -2.85. The van der Waals surface area contributed by atoms with Gasteiger partial charge < -0.3 is 9.40 Å². The Morgan fingerprint density at radius 3 is 2.74 bits per heavy atom. The maximum absolute atomic E-state index is 12.8. The molecule has 0 amide bonds. The Morgan fingerprint density at radius 1 is 1.15 bits per heavy atom. The van der Waals surface area contributed by atoms with Crippen LogP contribution in [0.15, 0.2) is 65.2 Å². The number of hydrogen-bond acceptors (Lipinski definition) is 3. The molecule has 27 heavy (non-hydrogen) atoms. The number of Topliss-reactive ketones (excluding diaryl/α,β-unsaturated/α-hetero) is 1. The lowest BCUT2D eigenvalue weighted by molar-refractivity contribution is -0.124. The summed E-state index contributed by atoms with van der Waals surface area (Å²) in [7, 11) is 0. The first-order valence-electron chi connectivity index (χ1n) is 9.40. The monoisotopic (exact) mass is 360 g/mol. The lowest BCUT2D eigenvalue weighted by Gasteiger charge is -2.29. The highest BCUT2D eigenvalue weighted by Gasteiger charge is 2.32. The molecular weight excluding hydrogens is 336 g/mol. The van der Waals surface area contributed by atoms with Crippen LogP contribution in [0.5, 0.6) is 0 Å². The summed E-state index contributed by atoms with van der Waals surface area (Å²) in [5.74, 6) is 1.04. The van der Waals surface area contributed by atoms with Gasteiger partial charge in [0.15, 0.2) is 5.78 Å². The molecule has 0 saturated heterocycles. The van der Waals surface area contributed by atoms with Crippen LogP contribution in [0, 0.1) is 0 Å². The molecule has 2 aromatic carbocycles. The predicted octanol–water partition coefficient (Wildman–Crippen LogP) is 4.98. The third-order valence-corrected chi connectivity index (χ3v) is 5.28. The van der Waals surface area contributed by atoms with Crippen LogP contribution < -0.4 is 5.32 Å². The number of carbonyl (C=O) groups is 1. The number of aromatic amines is 1. The second-order valence-electron chi connectivity index (χ2n) is 7.25. The van der Waals surface area contributed by atoms with Crippen molar-refractivity contribution >= 4 is 27.7 Å². The summed E-state index contributed by atoms with van der Waals surface area (Å²) in [4.78, 5) is 16.1. The fourth-order valence-electron chi connectivity index (χ4n) is 3.71. The molecule has 4 nitrogen and oxygen atoms in total. The first kappa shape index (κ1) is 17.6. The third kappa shape index (κ3) is 3.40. The van der Waals surface area contributed by atoms with Gasteiger partial charge in [-0.1, -0.05) is 43.3 Å². The van der Waals surface area contributed by atoms with Gasteiger partial charge >= 0.3 is 0 Å². The van der Waals surface area contributed by atoms with Gasteiger partial charge in [0, 0.05) is 28.9 Å². The third-order valence-electron chi connectivity index (χ3n) is 5.28. The van der Waals surface area contributed by atoms with E-state index in [0.717, 1.165) is 33.2 Å². The van der Waals surface area contributed by atoms with E-state index < -0.39 is 5.54 Å². The Balaban J connectivity index is 1.58. The van der Waals surface area contributed by atoms with Gasteiger partial charge in [-0.05, 0) is 37.1 Å². The van der Waals surface area contributed by atoms with Crippen molar-refractivity contribution in [3.8, 4) is 0 Å². The van der Waals surface area contributed by atoms with E-state index in [1.807, 2.05) is 62.5 Å². The van der Waals surface area contributed by atoms with E-state index in [1.54, 1.807) is 0 Å². The van der Waals surface area contributed by atoms with Crippen LogP contribution in [0.3, 0.4) is 0 Å². The molecule has 138 valence electrons. The van der Waals surface area contributed by atoms with Gasteiger partial charge in [0.25, 0.3) is 0 Å². The molecule has 4 rings (SSSR count). The summed E-state index contributed by atoms with van der Waals surface area (Å²) in [5.41, 5.74) is 2.45. The molecule has 1 atom stereocenters. The quantitative estimate of drug-likeness (QED) is 0.488.